The molecule has 1 aromatic heterocycles. The van der Waals surface area contributed by atoms with Crippen molar-refractivity contribution >= 4 is 0 Å². The van der Waals surface area contributed by atoms with E-state index < -0.39 is 0 Å². The lowest BCUT2D eigenvalue weighted by Crippen LogP contribution is -2.34. The summed E-state index contributed by atoms with van der Waals surface area (Å²) in [4.78, 5) is 0. The van der Waals surface area contributed by atoms with Crippen molar-refractivity contribution < 1.29 is 4.74 Å². The first-order chi connectivity index (χ1) is 10.7. The Bertz CT molecular complexity index is 573. The zero-order chi connectivity index (χ0) is 15.4. The number of rotatable bonds is 8. The second kappa shape index (κ2) is 6.53. The molecule has 4 nitrogen and oxygen atoms in total. The molecule has 2 aromatic rings. The topological polar surface area (TPSA) is 39.1 Å². The number of nitrogens with one attached hydrogen (secondary N) is 1. The summed E-state index contributed by atoms with van der Waals surface area (Å²) in [5, 5.41) is 7.95. The van der Waals surface area contributed by atoms with Crippen LogP contribution in [0.5, 0.6) is 5.75 Å². The lowest BCUT2D eigenvalue weighted by atomic mass is 9.95. The van der Waals surface area contributed by atoms with E-state index in [1.165, 1.54) is 18.4 Å². The molecule has 0 saturated heterocycles. The first-order valence-corrected chi connectivity index (χ1v) is 8.07. The maximum absolute atomic E-state index is 5.24. The summed E-state index contributed by atoms with van der Waals surface area (Å²) in [6.45, 7) is 4.28. The van der Waals surface area contributed by atoms with Gasteiger partial charge in [0, 0.05) is 36.9 Å². The molecule has 1 aliphatic rings. The fourth-order valence-electron chi connectivity index (χ4n) is 2.89. The zero-order valence-electron chi connectivity index (χ0n) is 13.5. The van der Waals surface area contributed by atoms with E-state index >= 15 is 0 Å². The van der Waals surface area contributed by atoms with E-state index in [0.717, 1.165) is 25.3 Å². The highest BCUT2D eigenvalue weighted by molar-refractivity contribution is 5.36. The normalized spacial score (nSPS) is 17.2. The predicted molar refractivity (Wildman–Crippen MR) is 88.2 cm³/mol. The Morgan fingerprint density at radius 2 is 2.09 bits per heavy atom. The summed E-state index contributed by atoms with van der Waals surface area (Å²) in [6.07, 6.45) is 7.50. The molecule has 3 rings (SSSR count). The number of aryl methyl sites for hydroxylation is 1. The first-order valence-electron chi connectivity index (χ1n) is 8.07. The molecular formula is C18H25N3O. The van der Waals surface area contributed by atoms with Gasteiger partial charge in [0.2, 0.25) is 0 Å². The SMILES string of the molecule is COc1ccc(C2(CN[C@H](C)CCn3cccn3)CC2)cc1. The van der Waals surface area contributed by atoms with Gasteiger partial charge in [0.25, 0.3) is 0 Å². The van der Waals surface area contributed by atoms with Crippen LogP contribution < -0.4 is 10.1 Å². The summed E-state index contributed by atoms with van der Waals surface area (Å²) in [6, 6.07) is 11.0. The molecule has 22 heavy (non-hydrogen) atoms. The molecule has 1 atom stereocenters. The fourth-order valence-corrected chi connectivity index (χ4v) is 2.89. The van der Waals surface area contributed by atoms with Gasteiger partial charge in [-0.15, -0.1) is 0 Å². The van der Waals surface area contributed by atoms with Gasteiger partial charge in [0.05, 0.1) is 7.11 Å². The number of nitrogens with zero attached hydrogens (tertiary/aromatic N) is 2. The Balaban J connectivity index is 1.49. The number of hydrogen-bond acceptors (Lipinski definition) is 3. The van der Waals surface area contributed by atoms with Gasteiger partial charge in [0.1, 0.15) is 5.75 Å². The number of methoxy groups -OCH3 is 1. The van der Waals surface area contributed by atoms with Gasteiger partial charge in [-0.1, -0.05) is 12.1 Å². The minimum atomic E-state index is 0.340. The molecule has 1 N–H and O–H groups in total. The van der Waals surface area contributed by atoms with E-state index in [1.807, 2.05) is 23.1 Å². The summed E-state index contributed by atoms with van der Waals surface area (Å²) >= 11 is 0. The summed E-state index contributed by atoms with van der Waals surface area (Å²) < 4.78 is 7.24. The van der Waals surface area contributed by atoms with Crippen LogP contribution >= 0.6 is 0 Å². The molecular weight excluding hydrogens is 274 g/mol. The summed E-state index contributed by atoms with van der Waals surface area (Å²) in [5.41, 5.74) is 1.77. The standard InChI is InChI=1S/C18H25N3O/c1-15(8-13-21-12-3-11-20-21)19-14-18(9-10-18)16-4-6-17(22-2)7-5-16/h3-7,11-12,15,19H,8-10,13-14H2,1-2H3/t15-/m1/s1. The van der Waals surface area contributed by atoms with Crippen LogP contribution in [0.15, 0.2) is 42.7 Å². The fraction of sp³-hybridized carbons (Fsp3) is 0.500. The maximum Gasteiger partial charge on any atom is 0.118 e. The molecule has 4 heteroatoms. The highest BCUT2D eigenvalue weighted by Gasteiger charge is 2.43. The van der Waals surface area contributed by atoms with Crippen molar-refractivity contribution in [3.63, 3.8) is 0 Å². The van der Waals surface area contributed by atoms with Crippen LogP contribution in [-0.4, -0.2) is 29.5 Å². The van der Waals surface area contributed by atoms with Crippen molar-refractivity contribution in [1.82, 2.24) is 15.1 Å². The number of benzene rings is 1. The molecule has 0 amide bonds. The molecule has 1 saturated carbocycles. The smallest absolute Gasteiger partial charge is 0.118 e. The quantitative estimate of drug-likeness (QED) is 0.814. The van der Waals surface area contributed by atoms with Crippen LogP contribution in [0.2, 0.25) is 0 Å². The lowest BCUT2D eigenvalue weighted by Gasteiger charge is -2.21. The molecule has 0 unspecified atom stereocenters. The highest BCUT2D eigenvalue weighted by Crippen LogP contribution is 2.48. The van der Waals surface area contributed by atoms with Crippen molar-refractivity contribution in [3.8, 4) is 5.75 Å². The maximum atomic E-state index is 5.24. The van der Waals surface area contributed by atoms with E-state index in [4.69, 9.17) is 4.74 Å². The first kappa shape index (κ1) is 15.1. The van der Waals surface area contributed by atoms with E-state index in [0.29, 0.717) is 11.5 Å². The minimum absolute atomic E-state index is 0.340. The monoisotopic (exact) mass is 299 g/mol. The highest BCUT2D eigenvalue weighted by atomic mass is 16.5. The van der Waals surface area contributed by atoms with E-state index in [-0.39, 0.29) is 0 Å². The van der Waals surface area contributed by atoms with Gasteiger partial charge in [-0.05, 0) is 49.9 Å². The Hall–Kier alpha value is -1.81. The van der Waals surface area contributed by atoms with Gasteiger partial charge in [0.15, 0.2) is 0 Å². The van der Waals surface area contributed by atoms with Crippen LogP contribution in [-0.2, 0) is 12.0 Å². The van der Waals surface area contributed by atoms with E-state index in [9.17, 15) is 0 Å². The number of hydrogen-bond donors (Lipinski definition) is 1. The second-order valence-corrected chi connectivity index (χ2v) is 6.35. The van der Waals surface area contributed by atoms with Crippen molar-refractivity contribution in [2.75, 3.05) is 13.7 Å². The van der Waals surface area contributed by atoms with Crippen molar-refractivity contribution in [2.24, 2.45) is 0 Å². The predicted octanol–water partition coefficient (Wildman–Crippen LogP) is 2.99. The largest absolute Gasteiger partial charge is 0.497 e. The third kappa shape index (κ3) is 3.50. The van der Waals surface area contributed by atoms with Gasteiger partial charge in [-0.25, -0.2) is 0 Å². The third-order valence-corrected chi connectivity index (χ3v) is 4.70. The van der Waals surface area contributed by atoms with Crippen LogP contribution in [0.25, 0.3) is 0 Å². The van der Waals surface area contributed by atoms with Crippen LogP contribution in [0, 0.1) is 0 Å². The second-order valence-electron chi connectivity index (χ2n) is 6.35. The van der Waals surface area contributed by atoms with Crippen LogP contribution in [0.4, 0.5) is 0 Å². The summed E-state index contributed by atoms with van der Waals surface area (Å²) in [5.74, 6) is 0.931. The Labute approximate surface area is 132 Å². The molecule has 1 aliphatic carbocycles. The van der Waals surface area contributed by atoms with E-state index in [1.54, 1.807) is 7.11 Å². The molecule has 0 bridgehead atoms. The van der Waals surface area contributed by atoms with Crippen molar-refractivity contribution in [1.29, 1.82) is 0 Å². The molecule has 0 aliphatic heterocycles. The Kier molecular flexibility index (Phi) is 4.48. The Morgan fingerprint density at radius 3 is 2.68 bits per heavy atom. The molecule has 0 spiro atoms. The number of aromatic nitrogens is 2. The minimum Gasteiger partial charge on any atom is -0.497 e. The molecule has 1 aromatic carbocycles. The summed E-state index contributed by atoms with van der Waals surface area (Å²) in [7, 11) is 1.71. The van der Waals surface area contributed by atoms with Gasteiger partial charge >= 0.3 is 0 Å². The van der Waals surface area contributed by atoms with Crippen LogP contribution in [0.3, 0.4) is 0 Å². The molecule has 1 fully saturated rings. The zero-order valence-corrected chi connectivity index (χ0v) is 13.5. The third-order valence-electron chi connectivity index (χ3n) is 4.70. The van der Waals surface area contributed by atoms with Crippen LogP contribution in [0.1, 0.15) is 31.7 Å². The Morgan fingerprint density at radius 1 is 1.32 bits per heavy atom. The number of ether oxygens (including phenoxy) is 1. The average molecular weight is 299 g/mol. The average Bonchev–Trinajstić information content (AvgIpc) is 3.17. The van der Waals surface area contributed by atoms with E-state index in [2.05, 4.69) is 41.6 Å². The molecule has 1 heterocycles. The van der Waals surface area contributed by atoms with Gasteiger partial charge < -0.3 is 10.1 Å². The van der Waals surface area contributed by atoms with Crippen molar-refractivity contribution in [3.05, 3.63) is 48.3 Å². The van der Waals surface area contributed by atoms with Gasteiger partial charge in [-0.3, -0.25) is 4.68 Å². The molecule has 0 radical (unpaired) electrons. The van der Waals surface area contributed by atoms with Gasteiger partial charge in [-0.2, -0.15) is 5.10 Å². The molecule has 118 valence electrons. The van der Waals surface area contributed by atoms with Crippen molar-refractivity contribution in [2.45, 2.75) is 44.2 Å². The lowest BCUT2D eigenvalue weighted by molar-refractivity contribution is 0.413.